The molecule has 7 heteroatoms. The van der Waals surface area contributed by atoms with Crippen molar-refractivity contribution < 1.29 is 14.7 Å². The number of anilines is 1. The summed E-state index contributed by atoms with van der Waals surface area (Å²) in [7, 11) is 0. The van der Waals surface area contributed by atoms with Crippen LogP contribution in [0.1, 0.15) is 12.5 Å². The number of hydrogen-bond donors (Lipinski definition) is 2. The molecule has 2 atom stereocenters. The number of hydrogen-bond acceptors (Lipinski definition) is 4. The van der Waals surface area contributed by atoms with Gasteiger partial charge in [-0.3, -0.25) is 4.90 Å². The second-order valence-corrected chi connectivity index (χ2v) is 5.66. The van der Waals surface area contributed by atoms with E-state index in [9.17, 15) is 9.59 Å². The number of amides is 2. The molecule has 20 heavy (non-hydrogen) atoms. The summed E-state index contributed by atoms with van der Waals surface area (Å²) in [5.74, 6) is -0.617. The highest BCUT2D eigenvalue weighted by molar-refractivity contribution is 8.00. The highest BCUT2D eigenvalue weighted by atomic mass is 32.2. The number of nitrogens with one attached hydrogen (secondary N) is 1. The fraction of sp³-hybridized carbons (Fsp3) is 0.308. The van der Waals surface area contributed by atoms with E-state index in [2.05, 4.69) is 5.32 Å². The Labute approximate surface area is 120 Å². The number of aliphatic carboxylic acids is 1. The molecule has 6 nitrogen and oxygen atoms in total. The van der Waals surface area contributed by atoms with Gasteiger partial charge in [0.1, 0.15) is 6.04 Å². The fourth-order valence-corrected chi connectivity index (χ4v) is 3.12. The van der Waals surface area contributed by atoms with Gasteiger partial charge in [-0.1, -0.05) is 0 Å². The minimum absolute atomic E-state index is 0.186. The first kappa shape index (κ1) is 14.2. The highest BCUT2D eigenvalue weighted by Crippen LogP contribution is 2.29. The molecule has 0 bridgehead atoms. The molecule has 2 rings (SSSR count). The number of carboxylic acid groups (broad SMARTS) is 1. The van der Waals surface area contributed by atoms with Crippen LogP contribution in [-0.2, 0) is 4.79 Å². The van der Waals surface area contributed by atoms with Crippen LogP contribution in [0, 0.1) is 11.3 Å². The molecule has 0 aliphatic carbocycles. The third-order valence-electron chi connectivity index (χ3n) is 3.01. The van der Waals surface area contributed by atoms with Gasteiger partial charge in [-0.05, 0) is 31.2 Å². The number of thioether (sulfide) groups is 1. The van der Waals surface area contributed by atoms with Gasteiger partial charge in [-0.15, -0.1) is 11.8 Å². The Kier molecular flexibility index (Phi) is 4.15. The van der Waals surface area contributed by atoms with Crippen LogP contribution in [0.3, 0.4) is 0 Å². The summed E-state index contributed by atoms with van der Waals surface area (Å²) >= 11 is 1.43. The molecule has 1 fully saturated rings. The van der Waals surface area contributed by atoms with E-state index in [1.807, 2.05) is 6.07 Å². The minimum Gasteiger partial charge on any atom is -0.480 e. The van der Waals surface area contributed by atoms with Crippen LogP contribution < -0.4 is 5.32 Å². The number of carbonyl (C=O) groups is 2. The molecule has 1 aromatic rings. The van der Waals surface area contributed by atoms with Gasteiger partial charge in [0.25, 0.3) is 0 Å². The van der Waals surface area contributed by atoms with E-state index < -0.39 is 18.0 Å². The van der Waals surface area contributed by atoms with Gasteiger partial charge in [0.2, 0.25) is 0 Å². The molecular formula is C13H13N3O3S. The lowest BCUT2D eigenvalue weighted by atomic mass is 10.2. The zero-order chi connectivity index (χ0) is 14.7. The van der Waals surface area contributed by atoms with E-state index in [1.165, 1.54) is 16.7 Å². The molecule has 1 aliphatic rings. The largest absolute Gasteiger partial charge is 0.480 e. The summed E-state index contributed by atoms with van der Waals surface area (Å²) in [4.78, 5) is 24.6. The molecule has 1 aromatic carbocycles. The molecule has 1 saturated heterocycles. The SMILES string of the molecule is CC1SCC(C(=O)O)N1C(=O)Nc1ccc(C#N)cc1. The van der Waals surface area contributed by atoms with Crippen molar-refractivity contribution in [3.63, 3.8) is 0 Å². The maximum atomic E-state index is 12.2. The number of urea groups is 1. The van der Waals surface area contributed by atoms with E-state index in [-0.39, 0.29) is 5.37 Å². The van der Waals surface area contributed by atoms with Crippen molar-refractivity contribution in [3.8, 4) is 6.07 Å². The van der Waals surface area contributed by atoms with Gasteiger partial charge in [0.15, 0.2) is 0 Å². The Morgan fingerprint density at radius 2 is 2.10 bits per heavy atom. The zero-order valence-electron chi connectivity index (χ0n) is 10.7. The Morgan fingerprint density at radius 3 is 2.65 bits per heavy atom. The average molecular weight is 291 g/mol. The first-order valence-electron chi connectivity index (χ1n) is 5.97. The van der Waals surface area contributed by atoms with Gasteiger partial charge < -0.3 is 10.4 Å². The van der Waals surface area contributed by atoms with Crippen molar-refractivity contribution in [2.75, 3.05) is 11.1 Å². The number of rotatable bonds is 2. The van der Waals surface area contributed by atoms with Crippen LogP contribution in [0.25, 0.3) is 0 Å². The van der Waals surface area contributed by atoms with Crippen molar-refractivity contribution in [2.24, 2.45) is 0 Å². The Bertz CT molecular complexity index is 567. The maximum Gasteiger partial charge on any atom is 0.327 e. The third-order valence-corrected chi connectivity index (χ3v) is 4.23. The summed E-state index contributed by atoms with van der Waals surface area (Å²) in [5, 5.41) is 20.3. The first-order chi connectivity index (χ1) is 9.52. The minimum atomic E-state index is -1.00. The van der Waals surface area contributed by atoms with Crippen LogP contribution in [0.4, 0.5) is 10.5 Å². The van der Waals surface area contributed by atoms with Gasteiger partial charge >= 0.3 is 12.0 Å². The Balaban J connectivity index is 2.10. The Hall–Kier alpha value is -2.20. The fourth-order valence-electron chi connectivity index (χ4n) is 1.96. The molecule has 1 heterocycles. The van der Waals surface area contributed by atoms with E-state index in [0.717, 1.165) is 0 Å². The van der Waals surface area contributed by atoms with Crippen molar-refractivity contribution in [1.82, 2.24) is 4.90 Å². The zero-order valence-corrected chi connectivity index (χ0v) is 11.6. The third kappa shape index (κ3) is 2.86. The van der Waals surface area contributed by atoms with E-state index in [1.54, 1.807) is 31.2 Å². The van der Waals surface area contributed by atoms with E-state index in [0.29, 0.717) is 17.0 Å². The summed E-state index contributed by atoms with van der Waals surface area (Å²) in [6, 6.07) is 7.13. The molecule has 0 radical (unpaired) electrons. The van der Waals surface area contributed by atoms with Crippen molar-refractivity contribution in [2.45, 2.75) is 18.3 Å². The molecule has 0 aromatic heterocycles. The number of nitrogens with zero attached hydrogens (tertiary/aromatic N) is 2. The molecule has 0 saturated carbocycles. The molecule has 2 unspecified atom stereocenters. The van der Waals surface area contributed by atoms with Gasteiger partial charge in [0.05, 0.1) is 17.0 Å². The van der Waals surface area contributed by atoms with Crippen LogP contribution in [0.2, 0.25) is 0 Å². The van der Waals surface area contributed by atoms with Crippen molar-refractivity contribution in [3.05, 3.63) is 29.8 Å². The molecule has 2 amide bonds. The predicted molar refractivity (Wildman–Crippen MR) is 75.4 cm³/mol. The number of carboxylic acids is 1. The summed E-state index contributed by atoms with van der Waals surface area (Å²) in [5.41, 5.74) is 1.03. The first-order valence-corrected chi connectivity index (χ1v) is 7.01. The van der Waals surface area contributed by atoms with Crippen LogP contribution >= 0.6 is 11.8 Å². The van der Waals surface area contributed by atoms with Crippen LogP contribution in [0.15, 0.2) is 24.3 Å². The average Bonchev–Trinajstić information content (AvgIpc) is 2.81. The summed E-state index contributed by atoms with van der Waals surface area (Å²) < 4.78 is 0. The lowest BCUT2D eigenvalue weighted by Crippen LogP contribution is -2.46. The summed E-state index contributed by atoms with van der Waals surface area (Å²) in [6.45, 7) is 1.80. The van der Waals surface area contributed by atoms with E-state index >= 15 is 0 Å². The lowest BCUT2D eigenvalue weighted by molar-refractivity contribution is -0.141. The number of nitriles is 1. The second kappa shape index (κ2) is 5.84. The normalized spacial score (nSPS) is 21.3. The van der Waals surface area contributed by atoms with Crippen LogP contribution in [0.5, 0.6) is 0 Å². The van der Waals surface area contributed by atoms with Crippen molar-refractivity contribution in [1.29, 1.82) is 5.26 Å². The topological polar surface area (TPSA) is 93.4 Å². The van der Waals surface area contributed by atoms with Gasteiger partial charge in [-0.2, -0.15) is 5.26 Å². The second-order valence-electron chi connectivity index (χ2n) is 4.31. The number of benzene rings is 1. The molecular weight excluding hydrogens is 278 g/mol. The lowest BCUT2D eigenvalue weighted by Gasteiger charge is -2.25. The summed E-state index contributed by atoms with van der Waals surface area (Å²) in [6.07, 6.45) is 0. The van der Waals surface area contributed by atoms with E-state index in [4.69, 9.17) is 10.4 Å². The smallest absolute Gasteiger partial charge is 0.327 e. The number of carbonyl (C=O) groups excluding carboxylic acids is 1. The molecule has 104 valence electrons. The monoisotopic (exact) mass is 291 g/mol. The quantitative estimate of drug-likeness (QED) is 0.868. The van der Waals surface area contributed by atoms with Crippen LogP contribution in [-0.4, -0.2) is 39.2 Å². The van der Waals surface area contributed by atoms with Crippen molar-refractivity contribution >= 4 is 29.4 Å². The Morgan fingerprint density at radius 1 is 1.45 bits per heavy atom. The maximum absolute atomic E-state index is 12.2. The highest BCUT2D eigenvalue weighted by Gasteiger charge is 2.39. The van der Waals surface area contributed by atoms with Gasteiger partial charge in [0, 0.05) is 11.4 Å². The van der Waals surface area contributed by atoms with Gasteiger partial charge in [-0.25, -0.2) is 9.59 Å². The molecule has 0 spiro atoms. The molecule has 2 N–H and O–H groups in total. The predicted octanol–water partition coefficient (Wildman–Crippen LogP) is 1.94. The standard InChI is InChI=1S/C13H13N3O3S/c1-8-16(11(7-20-8)12(17)18)13(19)15-10-4-2-9(6-14)3-5-10/h2-5,8,11H,7H2,1H3,(H,15,19)(H,17,18). The molecule has 1 aliphatic heterocycles.